The van der Waals surface area contributed by atoms with Crippen LogP contribution in [0.25, 0.3) is 11.3 Å². The topological polar surface area (TPSA) is 78.0 Å². The summed E-state index contributed by atoms with van der Waals surface area (Å²) in [4.78, 5) is 32.2. The maximum Gasteiger partial charge on any atom is 0.317 e. The molecule has 2 heterocycles. The van der Waals surface area contributed by atoms with Gasteiger partial charge in [-0.2, -0.15) is 0 Å². The number of rotatable bonds is 8. The first-order valence-corrected chi connectivity index (χ1v) is 11.8. The van der Waals surface area contributed by atoms with Gasteiger partial charge in [0.1, 0.15) is 23.5 Å². The lowest BCUT2D eigenvalue weighted by atomic mass is 9.88. The fraction of sp³-hybridized carbons (Fsp3) is 0.296. The van der Waals surface area contributed by atoms with Gasteiger partial charge in [-0.3, -0.25) is 14.6 Å². The number of pyridine rings is 1. The molecule has 1 aromatic heterocycles. The van der Waals surface area contributed by atoms with Crippen LogP contribution in [0.4, 0.5) is 0 Å². The van der Waals surface area contributed by atoms with Gasteiger partial charge in [-0.15, -0.1) is 0 Å². The van der Waals surface area contributed by atoms with Gasteiger partial charge in [0.05, 0.1) is 30.0 Å². The summed E-state index contributed by atoms with van der Waals surface area (Å²) in [5.41, 5.74) is 1.22. The van der Waals surface area contributed by atoms with Gasteiger partial charge >= 0.3 is 5.97 Å². The molecule has 1 saturated heterocycles. The van der Waals surface area contributed by atoms with E-state index in [1.807, 2.05) is 36.4 Å². The van der Waals surface area contributed by atoms with Gasteiger partial charge in [-0.05, 0) is 61.9 Å². The summed E-state index contributed by atoms with van der Waals surface area (Å²) in [7, 11) is 1.53. The standard InChI is InChI=1S/C27H27ClN2O5/c1-3-34-26(32)27(14-15-30(17-27)25(31)22-6-4-5-7-24(22)33-2)18-35-21-11-8-19(9-12-21)23-13-10-20(28)16-29-23/h4-13,16H,3,14-15,17-18H2,1-2H3. The zero-order chi connectivity index (χ0) is 24.8. The van der Waals surface area contributed by atoms with E-state index in [0.29, 0.717) is 35.1 Å². The second-order valence-corrected chi connectivity index (χ2v) is 8.79. The van der Waals surface area contributed by atoms with Crippen molar-refractivity contribution in [3.8, 4) is 22.8 Å². The normalized spacial score (nSPS) is 17.2. The van der Waals surface area contributed by atoms with E-state index in [-0.39, 0.29) is 31.6 Å². The van der Waals surface area contributed by atoms with Crippen LogP contribution < -0.4 is 9.47 Å². The number of carbonyl (C=O) groups is 2. The van der Waals surface area contributed by atoms with Crippen LogP contribution in [0.3, 0.4) is 0 Å². The van der Waals surface area contributed by atoms with Crippen LogP contribution in [-0.4, -0.2) is 55.2 Å². The predicted molar refractivity (Wildman–Crippen MR) is 133 cm³/mol. The molecular weight excluding hydrogens is 468 g/mol. The number of aromatic nitrogens is 1. The van der Waals surface area contributed by atoms with Gasteiger partial charge in [0.2, 0.25) is 0 Å². The maximum atomic E-state index is 13.2. The Morgan fingerprint density at radius 2 is 1.86 bits per heavy atom. The fourth-order valence-corrected chi connectivity index (χ4v) is 4.27. The number of nitrogens with zero attached hydrogens (tertiary/aromatic N) is 2. The van der Waals surface area contributed by atoms with E-state index in [1.54, 1.807) is 42.3 Å². The molecule has 2 aromatic carbocycles. The van der Waals surface area contributed by atoms with Gasteiger partial charge in [0.25, 0.3) is 5.91 Å². The van der Waals surface area contributed by atoms with E-state index >= 15 is 0 Å². The molecule has 0 bridgehead atoms. The second kappa shape index (κ2) is 10.8. The number of methoxy groups -OCH3 is 1. The number of benzene rings is 2. The van der Waals surface area contributed by atoms with Crippen LogP contribution in [-0.2, 0) is 9.53 Å². The Balaban J connectivity index is 1.48. The Hall–Kier alpha value is -3.58. The quantitative estimate of drug-likeness (QED) is 0.415. The fourth-order valence-electron chi connectivity index (χ4n) is 4.15. The Morgan fingerprint density at radius 3 is 2.54 bits per heavy atom. The third-order valence-electron chi connectivity index (χ3n) is 6.08. The van der Waals surface area contributed by atoms with Gasteiger partial charge in [-0.25, -0.2) is 0 Å². The number of para-hydroxylation sites is 1. The Kier molecular flexibility index (Phi) is 7.56. The summed E-state index contributed by atoms with van der Waals surface area (Å²) in [6, 6.07) is 18.2. The molecule has 3 aromatic rings. The van der Waals surface area contributed by atoms with E-state index in [2.05, 4.69) is 4.98 Å². The van der Waals surface area contributed by atoms with Gasteiger partial charge in [0.15, 0.2) is 0 Å². The second-order valence-electron chi connectivity index (χ2n) is 8.35. The first-order chi connectivity index (χ1) is 17.0. The van der Waals surface area contributed by atoms with E-state index in [0.717, 1.165) is 11.3 Å². The number of hydrogen-bond acceptors (Lipinski definition) is 6. The molecule has 4 rings (SSSR count). The van der Waals surface area contributed by atoms with Crippen molar-refractivity contribution in [2.75, 3.05) is 33.4 Å². The van der Waals surface area contributed by atoms with Crippen LogP contribution in [0.5, 0.6) is 11.5 Å². The third kappa shape index (κ3) is 5.41. The molecule has 1 unspecified atom stereocenters. The summed E-state index contributed by atoms with van der Waals surface area (Å²) in [6.07, 6.45) is 2.04. The van der Waals surface area contributed by atoms with Gasteiger partial charge < -0.3 is 19.1 Å². The highest BCUT2D eigenvalue weighted by Gasteiger charge is 2.48. The molecule has 0 radical (unpaired) electrons. The smallest absolute Gasteiger partial charge is 0.317 e. The summed E-state index contributed by atoms with van der Waals surface area (Å²) in [6.45, 7) is 2.74. The molecule has 1 aliphatic rings. The third-order valence-corrected chi connectivity index (χ3v) is 6.30. The van der Waals surface area contributed by atoms with E-state index < -0.39 is 5.41 Å². The van der Waals surface area contributed by atoms with Crippen LogP contribution >= 0.6 is 11.6 Å². The van der Waals surface area contributed by atoms with Gasteiger partial charge in [0, 0.05) is 24.8 Å². The Labute approximate surface area is 209 Å². The van der Waals surface area contributed by atoms with Crippen LogP contribution in [0.1, 0.15) is 23.7 Å². The van der Waals surface area contributed by atoms with Crippen molar-refractivity contribution in [3.63, 3.8) is 0 Å². The van der Waals surface area contributed by atoms with E-state index in [4.69, 9.17) is 25.8 Å². The van der Waals surface area contributed by atoms with Crippen molar-refractivity contribution in [1.29, 1.82) is 0 Å². The molecule has 1 amide bonds. The lowest BCUT2D eigenvalue weighted by Gasteiger charge is -2.27. The maximum absolute atomic E-state index is 13.2. The summed E-state index contributed by atoms with van der Waals surface area (Å²) in [5, 5.41) is 0.577. The monoisotopic (exact) mass is 494 g/mol. The van der Waals surface area contributed by atoms with Crippen molar-refractivity contribution < 1.29 is 23.8 Å². The summed E-state index contributed by atoms with van der Waals surface area (Å²) < 4.78 is 16.8. The SMILES string of the molecule is CCOC(=O)C1(COc2ccc(-c3ccc(Cl)cn3)cc2)CCN(C(=O)c2ccccc2OC)C1. The Morgan fingerprint density at radius 1 is 1.09 bits per heavy atom. The highest BCUT2D eigenvalue weighted by Crippen LogP contribution is 2.35. The summed E-state index contributed by atoms with van der Waals surface area (Å²) >= 11 is 5.92. The van der Waals surface area contributed by atoms with Crippen molar-refractivity contribution in [1.82, 2.24) is 9.88 Å². The average Bonchev–Trinajstić information content (AvgIpc) is 3.34. The minimum Gasteiger partial charge on any atom is -0.496 e. The minimum atomic E-state index is -0.954. The summed E-state index contributed by atoms with van der Waals surface area (Å²) in [5.74, 6) is 0.560. The lowest BCUT2D eigenvalue weighted by molar-refractivity contribution is -0.156. The number of likely N-dealkylation sites (tertiary alicyclic amines) is 1. The largest absolute Gasteiger partial charge is 0.496 e. The first kappa shape index (κ1) is 24.5. The minimum absolute atomic E-state index is 0.0973. The van der Waals surface area contributed by atoms with Crippen molar-refractivity contribution in [2.45, 2.75) is 13.3 Å². The lowest BCUT2D eigenvalue weighted by Crippen LogP contribution is -2.42. The highest BCUT2D eigenvalue weighted by molar-refractivity contribution is 6.30. The molecular formula is C27H27ClN2O5. The molecule has 182 valence electrons. The van der Waals surface area contributed by atoms with Crippen LogP contribution in [0, 0.1) is 5.41 Å². The molecule has 0 N–H and O–H groups in total. The van der Waals surface area contributed by atoms with Crippen molar-refractivity contribution >= 4 is 23.5 Å². The average molecular weight is 495 g/mol. The van der Waals surface area contributed by atoms with Crippen LogP contribution in [0.2, 0.25) is 5.02 Å². The number of hydrogen-bond donors (Lipinski definition) is 0. The van der Waals surface area contributed by atoms with Gasteiger partial charge in [-0.1, -0.05) is 23.7 Å². The first-order valence-electron chi connectivity index (χ1n) is 11.4. The Bertz CT molecular complexity index is 1180. The number of ether oxygens (including phenoxy) is 3. The predicted octanol–water partition coefficient (Wildman–Crippen LogP) is 4.89. The number of halogens is 1. The number of esters is 1. The molecule has 0 spiro atoms. The number of carbonyl (C=O) groups excluding carboxylic acids is 2. The molecule has 0 aliphatic carbocycles. The molecule has 0 saturated carbocycles. The number of amides is 1. The highest BCUT2D eigenvalue weighted by atomic mass is 35.5. The zero-order valence-corrected chi connectivity index (χ0v) is 20.5. The molecule has 7 nitrogen and oxygen atoms in total. The van der Waals surface area contributed by atoms with Crippen molar-refractivity contribution in [3.05, 3.63) is 77.4 Å². The molecule has 1 atom stereocenters. The molecule has 8 heteroatoms. The van der Waals surface area contributed by atoms with Crippen LogP contribution in [0.15, 0.2) is 66.9 Å². The van der Waals surface area contributed by atoms with E-state index in [1.165, 1.54) is 7.11 Å². The van der Waals surface area contributed by atoms with Crippen molar-refractivity contribution in [2.24, 2.45) is 5.41 Å². The molecule has 1 fully saturated rings. The molecule has 1 aliphatic heterocycles. The zero-order valence-electron chi connectivity index (χ0n) is 19.7. The molecule has 35 heavy (non-hydrogen) atoms. The van der Waals surface area contributed by atoms with E-state index in [9.17, 15) is 9.59 Å².